The zero-order valence-corrected chi connectivity index (χ0v) is 13.6. The second-order valence-electron chi connectivity index (χ2n) is 6.49. The normalized spacial score (nSPS) is 23.1. The van der Waals surface area contributed by atoms with Crippen LogP contribution in [0.15, 0.2) is 36.7 Å². The van der Waals surface area contributed by atoms with E-state index in [4.69, 9.17) is 4.74 Å². The highest BCUT2D eigenvalue weighted by molar-refractivity contribution is 5.19. The molecule has 4 heteroatoms. The highest BCUT2D eigenvalue weighted by Gasteiger charge is 2.30. The fourth-order valence-corrected chi connectivity index (χ4v) is 2.97. The molecule has 4 nitrogen and oxygen atoms in total. The summed E-state index contributed by atoms with van der Waals surface area (Å²) < 4.78 is 6.34. The third kappa shape index (κ3) is 3.39. The van der Waals surface area contributed by atoms with Gasteiger partial charge in [0.05, 0.1) is 24.2 Å². The fraction of sp³-hybridized carbons (Fsp3) is 0.500. The lowest BCUT2D eigenvalue weighted by Crippen LogP contribution is -2.45. The lowest BCUT2D eigenvalue weighted by Gasteiger charge is -2.39. The van der Waals surface area contributed by atoms with Gasteiger partial charge in [-0.3, -0.25) is 4.90 Å². The molecule has 0 amide bonds. The number of hydrogen-bond acceptors (Lipinski definition) is 3. The molecule has 0 bridgehead atoms. The maximum Gasteiger partial charge on any atom is 0.0956 e. The molecule has 1 aliphatic heterocycles. The Labute approximate surface area is 132 Å². The maximum absolute atomic E-state index is 6.34. The van der Waals surface area contributed by atoms with Gasteiger partial charge in [-0.25, -0.2) is 4.98 Å². The highest BCUT2D eigenvalue weighted by atomic mass is 16.5. The van der Waals surface area contributed by atoms with Crippen LogP contribution < -0.4 is 0 Å². The maximum atomic E-state index is 6.34. The van der Waals surface area contributed by atoms with Crippen molar-refractivity contribution in [3.63, 3.8) is 0 Å². The predicted octanol–water partition coefficient (Wildman–Crippen LogP) is 3.32. The van der Waals surface area contributed by atoms with Crippen LogP contribution in [0.5, 0.6) is 0 Å². The molecule has 2 aromatic rings. The van der Waals surface area contributed by atoms with Gasteiger partial charge in [-0.15, -0.1) is 0 Å². The number of ether oxygens (including phenoxy) is 1. The van der Waals surface area contributed by atoms with Crippen LogP contribution >= 0.6 is 0 Å². The van der Waals surface area contributed by atoms with E-state index in [0.717, 1.165) is 31.0 Å². The van der Waals surface area contributed by atoms with E-state index in [1.165, 1.54) is 5.56 Å². The molecule has 1 saturated heterocycles. The molecule has 0 aliphatic carbocycles. The van der Waals surface area contributed by atoms with Crippen LogP contribution in [0.4, 0.5) is 0 Å². The number of imidazole rings is 1. The summed E-state index contributed by atoms with van der Waals surface area (Å²) in [6.45, 7) is 9.31. The number of aromatic nitrogens is 2. The number of morpholine rings is 1. The van der Waals surface area contributed by atoms with E-state index in [1.807, 2.05) is 0 Å². The van der Waals surface area contributed by atoms with Gasteiger partial charge >= 0.3 is 0 Å². The first kappa shape index (κ1) is 15.3. The largest absolute Gasteiger partial charge is 0.367 e. The molecular formula is C18H25N3O. The van der Waals surface area contributed by atoms with Gasteiger partial charge in [0.1, 0.15) is 0 Å². The Morgan fingerprint density at radius 1 is 1.27 bits per heavy atom. The van der Waals surface area contributed by atoms with Crippen LogP contribution in [-0.2, 0) is 11.3 Å². The summed E-state index contributed by atoms with van der Waals surface area (Å²) in [5, 5.41) is 0. The quantitative estimate of drug-likeness (QED) is 0.941. The number of aryl methyl sites for hydroxylation is 1. The molecule has 1 fully saturated rings. The third-order valence-corrected chi connectivity index (χ3v) is 4.42. The Bertz CT molecular complexity index is 593. The zero-order valence-electron chi connectivity index (χ0n) is 13.6. The molecule has 118 valence electrons. The van der Waals surface area contributed by atoms with Crippen molar-refractivity contribution < 1.29 is 4.74 Å². The van der Waals surface area contributed by atoms with Crippen LogP contribution in [0.1, 0.15) is 36.9 Å². The van der Waals surface area contributed by atoms with Crippen molar-refractivity contribution in [2.75, 3.05) is 13.1 Å². The first-order chi connectivity index (χ1) is 10.6. The summed E-state index contributed by atoms with van der Waals surface area (Å²) in [6, 6.07) is 10.5. The van der Waals surface area contributed by atoms with Crippen molar-refractivity contribution in [2.45, 2.75) is 39.5 Å². The number of rotatable bonds is 4. The molecule has 0 saturated carbocycles. The van der Waals surface area contributed by atoms with E-state index in [9.17, 15) is 0 Å². The Balaban J connectivity index is 1.77. The number of hydrogen-bond donors (Lipinski definition) is 1. The molecule has 1 aromatic heterocycles. The van der Waals surface area contributed by atoms with Crippen molar-refractivity contribution in [1.82, 2.24) is 14.9 Å². The number of nitrogens with zero attached hydrogens (tertiary/aromatic N) is 2. The molecular weight excluding hydrogens is 274 g/mol. The van der Waals surface area contributed by atoms with Crippen molar-refractivity contribution >= 4 is 0 Å². The molecule has 1 N–H and O–H groups in total. The Kier molecular flexibility index (Phi) is 4.60. The molecule has 0 unspecified atom stereocenters. The minimum atomic E-state index is 0.140. The fourth-order valence-electron chi connectivity index (χ4n) is 2.97. The van der Waals surface area contributed by atoms with Crippen LogP contribution in [0, 0.1) is 12.8 Å². The van der Waals surface area contributed by atoms with Crippen LogP contribution in [-0.4, -0.2) is 34.1 Å². The van der Waals surface area contributed by atoms with Gasteiger partial charge in [-0.2, -0.15) is 0 Å². The number of nitrogens with one attached hydrogen (secondary N) is 1. The SMILES string of the molecule is Cc1[nH]cnc1CN1C[C@@H](c2ccccc2)O[C@@H](C(C)C)C1. The minimum absolute atomic E-state index is 0.140. The second-order valence-corrected chi connectivity index (χ2v) is 6.49. The van der Waals surface area contributed by atoms with Crippen LogP contribution in [0.2, 0.25) is 0 Å². The van der Waals surface area contributed by atoms with Gasteiger partial charge in [-0.1, -0.05) is 44.2 Å². The minimum Gasteiger partial charge on any atom is -0.367 e. The molecule has 3 rings (SSSR count). The van der Waals surface area contributed by atoms with E-state index in [-0.39, 0.29) is 12.2 Å². The van der Waals surface area contributed by atoms with Gasteiger partial charge in [-0.05, 0) is 18.4 Å². The Morgan fingerprint density at radius 3 is 2.68 bits per heavy atom. The van der Waals surface area contributed by atoms with E-state index in [0.29, 0.717) is 5.92 Å². The second kappa shape index (κ2) is 6.63. The van der Waals surface area contributed by atoms with Gasteiger partial charge in [0.2, 0.25) is 0 Å². The Hall–Kier alpha value is -1.65. The summed E-state index contributed by atoms with van der Waals surface area (Å²) in [6.07, 6.45) is 2.18. The molecule has 1 aromatic carbocycles. The number of aromatic amines is 1. The lowest BCUT2D eigenvalue weighted by molar-refractivity contribution is -0.108. The standard InChI is InChI=1S/C18H25N3O/c1-13(2)17-10-21(9-16-14(3)19-12-20-16)11-18(22-17)15-7-5-4-6-8-15/h4-8,12-13,17-18H,9-11H2,1-3H3,(H,19,20)/t17-,18+/m1/s1. The molecule has 1 aliphatic rings. The molecule has 2 atom stereocenters. The van der Waals surface area contributed by atoms with Gasteiger partial charge in [0.25, 0.3) is 0 Å². The summed E-state index contributed by atoms with van der Waals surface area (Å²) in [7, 11) is 0. The average Bonchev–Trinajstić information content (AvgIpc) is 2.93. The van der Waals surface area contributed by atoms with E-state index in [1.54, 1.807) is 6.33 Å². The van der Waals surface area contributed by atoms with Crippen molar-refractivity contribution in [1.29, 1.82) is 0 Å². The van der Waals surface area contributed by atoms with Gasteiger partial charge in [0.15, 0.2) is 0 Å². The predicted molar refractivity (Wildman–Crippen MR) is 87.5 cm³/mol. The van der Waals surface area contributed by atoms with Crippen molar-refractivity contribution in [2.24, 2.45) is 5.92 Å². The highest BCUT2D eigenvalue weighted by Crippen LogP contribution is 2.28. The summed E-state index contributed by atoms with van der Waals surface area (Å²) in [4.78, 5) is 10.1. The summed E-state index contributed by atoms with van der Waals surface area (Å²) in [5.74, 6) is 0.509. The summed E-state index contributed by atoms with van der Waals surface area (Å²) >= 11 is 0. The zero-order chi connectivity index (χ0) is 15.5. The number of benzene rings is 1. The van der Waals surface area contributed by atoms with Crippen molar-refractivity contribution in [3.05, 3.63) is 53.6 Å². The summed E-state index contributed by atoms with van der Waals surface area (Å²) in [5.41, 5.74) is 3.55. The van der Waals surface area contributed by atoms with Crippen molar-refractivity contribution in [3.8, 4) is 0 Å². The molecule has 22 heavy (non-hydrogen) atoms. The van der Waals surface area contributed by atoms with Gasteiger partial charge in [0, 0.05) is 25.3 Å². The number of H-pyrrole nitrogens is 1. The first-order valence-electron chi connectivity index (χ1n) is 8.05. The first-order valence-corrected chi connectivity index (χ1v) is 8.05. The topological polar surface area (TPSA) is 41.2 Å². The molecule has 0 spiro atoms. The lowest BCUT2D eigenvalue weighted by atomic mass is 10.0. The van der Waals surface area contributed by atoms with Gasteiger partial charge < -0.3 is 9.72 Å². The van der Waals surface area contributed by atoms with E-state index < -0.39 is 0 Å². The smallest absolute Gasteiger partial charge is 0.0956 e. The monoisotopic (exact) mass is 299 g/mol. The molecule has 2 heterocycles. The van der Waals surface area contributed by atoms with E-state index >= 15 is 0 Å². The Morgan fingerprint density at radius 2 is 2.05 bits per heavy atom. The van der Waals surface area contributed by atoms with E-state index in [2.05, 4.69) is 66.0 Å². The third-order valence-electron chi connectivity index (χ3n) is 4.42. The van der Waals surface area contributed by atoms with Crippen LogP contribution in [0.25, 0.3) is 0 Å². The average molecular weight is 299 g/mol. The molecule has 0 radical (unpaired) electrons. The van der Waals surface area contributed by atoms with Crippen LogP contribution in [0.3, 0.4) is 0 Å².